The van der Waals surface area contributed by atoms with E-state index in [2.05, 4.69) is 23.8 Å². The van der Waals surface area contributed by atoms with E-state index in [9.17, 15) is 4.79 Å². The first kappa shape index (κ1) is 17.5. The number of aromatic nitrogens is 2. The molecule has 0 atom stereocenters. The second kappa shape index (κ2) is 6.23. The molecule has 0 saturated carbocycles. The molecule has 5 heteroatoms. The molecule has 0 radical (unpaired) electrons. The number of benzene rings is 1. The van der Waals surface area contributed by atoms with E-state index in [1.807, 2.05) is 39.0 Å². The zero-order valence-corrected chi connectivity index (χ0v) is 15.4. The minimum Gasteiger partial charge on any atom is -0.421 e. The maximum atomic E-state index is 12.3. The number of fused-ring (bicyclic) bond motifs is 3. The van der Waals surface area contributed by atoms with Crippen molar-refractivity contribution in [2.45, 2.75) is 46.6 Å². The van der Waals surface area contributed by atoms with E-state index in [0.717, 1.165) is 10.8 Å². The van der Waals surface area contributed by atoms with Gasteiger partial charge in [0.1, 0.15) is 11.4 Å². The second-order valence-corrected chi connectivity index (χ2v) is 8.18. The smallest absolute Gasteiger partial charge is 0.363 e. The summed E-state index contributed by atoms with van der Waals surface area (Å²) in [5.74, 6) is 0.623. The molecule has 0 saturated heterocycles. The van der Waals surface area contributed by atoms with Gasteiger partial charge in [0.2, 0.25) is 0 Å². The predicted octanol–water partition coefficient (Wildman–Crippen LogP) is 4.12. The van der Waals surface area contributed by atoms with Gasteiger partial charge in [-0.2, -0.15) is 0 Å². The van der Waals surface area contributed by atoms with Crippen LogP contribution in [0.4, 0.5) is 0 Å². The van der Waals surface area contributed by atoms with Crippen LogP contribution in [0.3, 0.4) is 0 Å². The average Bonchev–Trinajstić information content (AvgIpc) is 2.53. The molecule has 3 aromatic rings. The highest BCUT2D eigenvalue weighted by Crippen LogP contribution is 2.25. The lowest BCUT2D eigenvalue weighted by molar-refractivity contribution is -0.0431. The maximum Gasteiger partial charge on any atom is 0.363 e. The Balaban J connectivity index is 1.95. The molecule has 3 rings (SSSR count). The van der Waals surface area contributed by atoms with Gasteiger partial charge in [0.15, 0.2) is 5.52 Å². The third-order valence-corrected chi connectivity index (χ3v) is 3.94. The molecular weight excluding hydrogens is 316 g/mol. The lowest BCUT2D eigenvalue weighted by Crippen LogP contribution is -2.30. The third-order valence-electron chi connectivity index (χ3n) is 3.94. The first-order valence-corrected chi connectivity index (χ1v) is 8.46. The lowest BCUT2D eigenvalue weighted by Gasteiger charge is -2.29. The summed E-state index contributed by atoms with van der Waals surface area (Å²) in [6, 6.07) is 7.43. The quantitative estimate of drug-likeness (QED) is 0.528. The van der Waals surface area contributed by atoms with Crippen LogP contribution in [0.15, 0.2) is 39.7 Å². The van der Waals surface area contributed by atoms with E-state index in [4.69, 9.17) is 9.15 Å². The zero-order valence-electron chi connectivity index (χ0n) is 15.4. The molecule has 2 heterocycles. The van der Waals surface area contributed by atoms with E-state index in [1.54, 1.807) is 12.3 Å². The van der Waals surface area contributed by atoms with Crippen molar-refractivity contribution >= 4 is 21.9 Å². The van der Waals surface area contributed by atoms with Crippen molar-refractivity contribution in [3.63, 3.8) is 0 Å². The Labute approximate surface area is 147 Å². The molecule has 5 nitrogen and oxygen atoms in total. The van der Waals surface area contributed by atoms with Gasteiger partial charge in [-0.15, -0.1) is 0 Å². The number of nitrogens with zero attached hydrogens (tertiary/aromatic N) is 2. The van der Waals surface area contributed by atoms with E-state index in [0.29, 0.717) is 30.0 Å². The maximum absolute atomic E-state index is 12.3. The van der Waals surface area contributed by atoms with Gasteiger partial charge < -0.3 is 9.15 Å². The summed E-state index contributed by atoms with van der Waals surface area (Å²) in [5.41, 5.74) is 0.118. The van der Waals surface area contributed by atoms with Gasteiger partial charge in [-0.1, -0.05) is 32.0 Å². The minimum absolute atomic E-state index is 0.141. The highest BCUT2D eigenvalue weighted by molar-refractivity contribution is 6.02. The van der Waals surface area contributed by atoms with Crippen LogP contribution in [0.5, 0.6) is 0 Å². The summed E-state index contributed by atoms with van der Waals surface area (Å²) < 4.78 is 11.3. The van der Waals surface area contributed by atoms with Gasteiger partial charge >= 0.3 is 5.63 Å². The van der Waals surface area contributed by atoms with E-state index in [-0.39, 0.29) is 11.0 Å². The van der Waals surface area contributed by atoms with Crippen LogP contribution < -0.4 is 5.63 Å². The molecule has 25 heavy (non-hydrogen) atoms. The van der Waals surface area contributed by atoms with Crippen LogP contribution in [0.25, 0.3) is 21.9 Å². The molecule has 0 aliphatic carbocycles. The number of ether oxygens (including phenoxy) is 1. The third kappa shape index (κ3) is 4.04. The molecule has 0 bridgehead atoms. The number of hydrogen-bond acceptors (Lipinski definition) is 5. The molecule has 1 aromatic carbocycles. The molecule has 0 amide bonds. The molecule has 0 N–H and O–H groups in total. The fraction of sp³-hybridized carbons (Fsp3) is 0.450. The van der Waals surface area contributed by atoms with Crippen LogP contribution >= 0.6 is 0 Å². The molecule has 0 spiro atoms. The van der Waals surface area contributed by atoms with E-state index >= 15 is 0 Å². The predicted molar refractivity (Wildman–Crippen MR) is 98.8 cm³/mol. The Bertz CT molecular complexity index is 968. The highest BCUT2D eigenvalue weighted by Gasteiger charge is 2.24. The van der Waals surface area contributed by atoms with Crippen LogP contribution in [0, 0.1) is 5.41 Å². The van der Waals surface area contributed by atoms with Gasteiger partial charge in [-0.3, -0.25) is 0 Å². The van der Waals surface area contributed by atoms with Gasteiger partial charge in [0.05, 0.1) is 12.2 Å². The van der Waals surface area contributed by atoms with Crippen molar-refractivity contribution in [1.29, 1.82) is 0 Å². The molecule has 2 aromatic heterocycles. The van der Waals surface area contributed by atoms with Crippen molar-refractivity contribution in [1.82, 2.24) is 9.97 Å². The zero-order chi connectivity index (χ0) is 18.2. The standard InChI is InChI=1S/C20H24N2O3/c1-19(2,3)24-12-20(4,5)10-16-21-11-14-13-8-6-7-9-15(13)25-18(23)17(14)22-16/h6-9,11H,10,12H2,1-5H3. The molecule has 0 unspecified atom stereocenters. The van der Waals surface area contributed by atoms with Gasteiger partial charge in [0, 0.05) is 23.4 Å². The summed E-state index contributed by atoms with van der Waals surface area (Å²) in [5, 5.41) is 1.57. The van der Waals surface area contributed by atoms with Crippen LogP contribution in [0.1, 0.15) is 40.4 Å². The average molecular weight is 340 g/mol. The van der Waals surface area contributed by atoms with Crippen molar-refractivity contribution < 1.29 is 9.15 Å². The Kier molecular flexibility index (Phi) is 4.37. The van der Waals surface area contributed by atoms with Crippen LogP contribution in [-0.4, -0.2) is 22.2 Å². The topological polar surface area (TPSA) is 65.2 Å². The molecule has 0 aliphatic heterocycles. The summed E-state index contributed by atoms with van der Waals surface area (Å²) in [7, 11) is 0. The minimum atomic E-state index is -0.430. The fourth-order valence-corrected chi connectivity index (χ4v) is 2.67. The van der Waals surface area contributed by atoms with E-state index in [1.165, 1.54) is 0 Å². The number of rotatable bonds is 4. The monoisotopic (exact) mass is 340 g/mol. The molecular formula is C20H24N2O3. The van der Waals surface area contributed by atoms with Crippen molar-refractivity contribution in [2.24, 2.45) is 5.41 Å². The summed E-state index contributed by atoms with van der Waals surface area (Å²) in [6.07, 6.45) is 2.34. The Morgan fingerprint density at radius 2 is 1.80 bits per heavy atom. The summed E-state index contributed by atoms with van der Waals surface area (Å²) in [6.45, 7) is 10.9. The van der Waals surface area contributed by atoms with Gasteiger partial charge in [-0.05, 0) is 32.3 Å². The normalized spacial score (nSPS) is 12.8. The Morgan fingerprint density at radius 1 is 1.08 bits per heavy atom. The largest absolute Gasteiger partial charge is 0.421 e. The first-order valence-electron chi connectivity index (χ1n) is 8.46. The van der Waals surface area contributed by atoms with Crippen LogP contribution in [0.2, 0.25) is 0 Å². The summed E-state index contributed by atoms with van der Waals surface area (Å²) in [4.78, 5) is 21.2. The van der Waals surface area contributed by atoms with Crippen molar-refractivity contribution in [2.75, 3.05) is 6.61 Å². The van der Waals surface area contributed by atoms with E-state index < -0.39 is 5.63 Å². The molecule has 132 valence electrons. The second-order valence-electron chi connectivity index (χ2n) is 8.18. The molecule has 0 fully saturated rings. The lowest BCUT2D eigenvalue weighted by atomic mass is 9.89. The summed E-state index contributed by atoms with van der Waals surface area (Å²) >= 11 is 0. The SMILES string of the molecule is CC(C)(COC(C)(C)C)Cc1ncc2c(n1)c(=O)oc1ccccc12. The van der Waals surface area contributed by atoms with Crippen LogP contribution in [-0.2, 0) is 11.2 Å². The van der Waals surface area contributed by atoms with Crippen molar-refractivity contribution in [3.05, 3.63) is 46.7 Å². The van der Waals surface area contributed by atoms with Crippen molar-refractivity contribution in [3.8, 4) is 0 Å². The Morgan fingerprint density at radius 3 is 2.52 bits per heavy atom. The Hall–Kier alpha value is -2.27. The first-order chi connectivity index (χ1) is 11.6. The van der Waals surface area contributed by atoms with Gasteiger partial charge in [-0.25, -0.2) is 14.8 Å². The fourth-order valence-electron chi connectivity index (χ4n) is 2.67. The highest BCUT2D eigenvalue weighted by atomic mass is 16.5. The van der Waals surface area contributed by atoms with Gasteiger partial charge in [0.25, 0.3) is 0 Å². The number of hydrogen-bond donors (Lipinski definition) is 0. The number of para-hydroxylation sites is 1. The molecule has 0 aliphatic rings.